The predicted octanol–water partition coefficient (Wildman–Crippen LogP) is 2.80. The van der Waals surface area contributed by atoms with Gasteiger partial charge in [-0.3, -0.25) is 4.79 Å². The zero-order valence-corrected chi connectivity index (χ0v) is 19.6. The number of hydrogen-bond acceptors (Lipinski definition) is 5. The van der Waals surface area contributed by atoms with Crippen molar-refractivity contribution in [3.05, 3.63) is 11.6 Å². The summed E-state index contributed by atoms with van der Waals surface area (Å²) in [7, 11) is 0. The number of esters is 1. The Bertz CT molecular complexity index is 703. The Morgan fingerprint density at radius 1 is 1.18 bits per heavy atom. The highest BCUT2D eigenvalue weighted by Crippen LogP contribution is 2.29. The lowest BCUT2D eigenvalue weighted by Gasteiger charge is -2.36. The van der Waals surface area contributed by atoms with Gasteiger partial charge in [0.1, 0.15) is 0 Å². The van der Waals surface area contributed by atoms with Gasteiger partial charge in [0.25, 0.3) is 5.91 Å². The maximum Gasteiger partial charge on any atom is 0.333 e. The molecule has 0 unspecified atom stereocenters. The molecule has 0 spiro atoms. The first-order valence-electron chi connectivity index (χ1n) is 12.0. The molecule has 2 rings (SSSR count). The quantitative estimate of drug-likeness (QED) is 0.241. The minimum Gasteiger partial charge on any atom is -0.462 e. The van der Waals surface area contributed by atoms with Crippen molar-refractivity contribution < 1.29 is 27.8 Å². The molecule has 0 saturated heterocycles. The van der Waals surface area contributed by atoms with E-state index >= 15 is 0 Å². The SMILES string of the molecule is CCC(CC)O[C@@H]1C=C(C(=O)OCCC2CCCCC2)C[C@H](N=C(N)N)[C@H]1NC(=O)C(F)F. The second-order valence-corrected chi connectivity index (χ2v) is 8.82. The lowest BCUT2D eigenvalue weighted by Crippen LogP contribution is -2.55. The third-order valence-electron chi connectivity index (χ3n) is 6.39. The molecule has 8 nitrogen and oxygen atoms in total. The summed E-state index contributed by atoms with van der Waals surface area (Å²) in [6.07, 6.45) is 5.49. The number of guanidine groups is 1. The van der Waals surface area contributed by atoms with E-state index < -0.39 is 36.5 Å². The first-order chi connectivity index (χ1) is 15.7. The molecule has 0 heterocycles. The maximum absolute atomic E-state index is 13.0. The third-order valence-corrected chi connectivity index (χ3v) is 6.39. The van der Waals surface area contributed by atoms with Crippen LogP contribution in [0.5, 0.6) is 0 Å². The summed E-state index contributed by atoms with van der Waals surface area (Å²) in [5.74, 6) is -1.65. The number of amides is 1. The molecular weight excluding hydrogens is 434 g/mol. The lowest BCUT2D eigenvalue weighted by molar-refractivity contribution is -0.140. The van der Waals surface area contributed by atoms with Crippen LogP contribution in [-0.4, -0.2) is 55.2 Å². The summed E-state index contributed by atoms with van der Waals surface area (Å²) in [6.45, 7) is 4.18. The van der Waals surface area contributed by atoms with E-state index in [9.17, 15) is 18.4 Å². The Kier molecular flexibility index (Phi) is 11.0. The molecule has 0 aromatic heterocycles. The number of nitrogens with zero attached hydrogens (tertiary/aromatic N) is 1. The summed E-state index contributed by atoms with van der Waals surface area (Å²) in [5, 5.41) is 2.29. The average molecular weight is 473 g/mol. The fourth-order valence-corrected chi connectivity index (χ4v) is 4.53. The van der Waals surface area contributed by atoms with E-state index in [1.165, 1.54) is 19.3 Å². The Hall–Kier alpha value is -2.23. The van der Waals surface area contributed by atoms with Crippen LogP contribution in [0, 0.1) is 5.92 Å². The van der Waals surface area contributed by atoms with Gasteiger partial charge in [0.05, 0.1) is 30.9 Å². The standard InChI is InChI=1S/C23H38F2N4O4/c1-3-16(4-2)33-18-13-15(22(31)32-11-10-14-8-6-5-7-9-14)12-17(28-23(26)27)19(18)29-21(30)20(24)25/h13-14,16-20H,3-12H2,1-2H3,(H,29,30)(H4,26,27,28)/t17-,18+,19+/m0/s1. The van der Waals surface area contributed by atoms with Crippen molar-refractivity contribution in [3.8, 4) is 0 Å². The molecule has 1 saturated carbocycles. The summed E-state index contributed by atoms with van der Waals surface area (Å²) in [5.41, 5.74) is 11.4. The molecule has 1 fully saturated rings. The molecule has 0 aromatic rings. The fourth-order valence-electron chi connectivity index (χ4n) is 4.53. The van der Waals surface area contributed by atoms with Crippen LogP contribution >= 0.6 is 0 Å². The van der Waals surface area contributed by atoms with Crippen LogP contribution in [0.3, 0.4) is 0 Å². The first kappa shape index (κ1) is 27.0. The Morgan fingerprint density at radius 2 is 1.85 bits per heavy atom. The third kappa shape index (κ3) is 8.57. The Balaban J connectivity index is 2.19. The second kappa shape index (κ2) is 13.5. The van der Waals surface area contributed by atoms with Crippen LogP contribution in [0.25, 0.3) is 0 Å². The van der Waals surface area contributed by atoms with Gasteiger partial charge in [-0.1, -0.05) is 46.0 Å². The van der Waals surface area contributed by atoms with Crippen LogP contribution in [0.4, 0.5) is 8.78 Å². The van der Waals surface area contributed by atoms with Gasteiger partial charge in [0.15, 0.2) is 5.96 Å². The van der Waals surface area contributed by atoms with E-state index in [-0.39, 0.29) is 18.5 Å². The van der Waals surface area contributed by atoms with Crippen molar-refractivity contribution in [2.75, 3.05) is 6.61 Å². The van der Waals surface area contributed by atoms with Crippen molar-refractivity contribution in [1.82, 2.24) is 5.32 Å². The van der Waals surface area contributed by atoms with E-state index in [1.807, 2.05) is 13.8 Å². The Morgan fingerprint density at radius 3 is 2.42 bits per heavy atom. The van der Waals surface area contributed by atoms with E-state index in [0.29, 0.717) is 30.9 Å². The number of aliphatic imine (C=N–C) groups is 1. The fraction of sp³-hybridized carbons (Fsp3) is 0.783. The summed E-state index contributed by atoms with van der Waals surface area (Å²) >= 11 is 0. The molecule has 188 valence electrons. The summed E-state index contributed by atoms with van der Waals surface area (Å²) in [6, 6.07) is -1.80. The van der Waals surface area contributed by atoms with E-state index in [1.54, 1.807) is 6.08 Å². The molecular formula is C23H38F2N4O4. The van der Waals surface area contributed by atoms with Crippen LogP contribution in [0.15, 0.2) is 16.6 Å². The summed E-state index contributed by atoms with van der Waals surface area (Å²) in [4.78, 5) is 28.7. The van der Waals surface area contributed by atoms with E-state index in [0.717, 1.165) is 19.3 Å². The molecule has 2 aliphatic rings. The normalized spacial score (nSPS) is 23.8. The smallest absolute Gasteiger partial charge is 0.333 e. The number of carbonyl (C=O) groups excluding carboxylic acids is 2. The van der Waals surface area contributed by atoms with Crippen LogP contribution < -0.4 is 16.8 Å². The first-order valence-corrected chi connectivity index (χ1v) is 12.0. The Labute approximate surface area is 194 Å². The molecule has 5 N–H and O–H groups in total. The van der Waals surface area contributed by atoms with Crippen molar-refractivity contribution in [1.29, 1.82) is 0 Å². The molecule has 33 heavy (non-hydrogen) atoms. The number of nitrogens with two attached hydrogens (primary N) is 2. The van der Waals surface area contributed by atoms with Crippen LogP contribution in [0.1, 0.15) is 71.6 Å². The zero-order valence-electron chi connectivity index (χ0n) is 19.6. The topological polar surface area (TPSA) is 129 Å². The molecule has 10 heteroatoms. The largest absolute Gasteiger partial charge is 0.462 e. The molecule has 0 aliphatic heterocycles. The van der Waals surface area contributed by atoms with Gasteiger partial charge in [-0.2, -0.15) is 8.78 Å². The second-order valence-electron chi connectivity index (χ2n) is 8.82. The van der Waals surface area contributed by atoms with Crippen LogP contribution in [0.2, 0.25) is 0 Å². The van der Waals surface area contributed by atoms with Crippen molar-refractivity contribution in [2.24, 2.45) is 22.4 Å². The minimum absolute atomic E-state index is 0.0388. The number of alkyl halides is 2. The maximum atomic E-state index is 13.0. The van der Waals surface area contributed by atoms with Crippen molar-refractivity contribution >= 4 is 17.8 Å². The molecule has 3 atom stereocenters. The highest BCUT2D eigenvalue weighted by Gasteiger charge is 2.39. The van der Waals surface area contributed by atoms with Gasteiger partial charge in [-0.05, 0) is 31.3 Å². The predicted molar refractivity (Wildman–Crippen MR) is 122 cm³/mol. The minimum atomic E-state index is -3.20. The molecule has 0 radical (unpaired) electrons. The number of nitrogens with one attached hydrogen (secondary N) is 1. The highest BCUT2D eigenvalue weighted by atomic mass is 19.3. The van der Waals surface area contributed by atoms with Crippen molar-refractivity contribution in [2.45, 2.75) is 102 Å². The highest BCUT2D eigenvalue weighted by molar-refractivity contribution is 5.89. The zero-order chi connectivity index (χ0) is 24.4. The molecule has 0 bridgehead atoms. The lowest BCUT2D eigenvalue weighted by atomic mass is 9.87. The van der Waals surface area contributed by atoms with Gasteiger partial charge >= 0.3 is 12.4 Å². The molecule has 0 aromatic carbocycles. The van der Waals surface area contributed by atoms with Gasteiger partial charge in [-0.25, -0.2) is 9.79 Å². The van der Waals surface area contributed by atoms with Gasteiger partial charge in [0, 0.05) is 12.0 Å². The summed E-state index contributed by atoms with van der Waals surface area (Å²) < 4.78 is 37.5. The monoisotopic (exact) mass is 472 g/mol. The molecule has 1 amide bonds. The van der Waals surface area contributed by atoms with Crippen molar-refractivity contribution in [3.63, 3.8) is 0 Å². The van der Waals surface area contributed by atoms with E-state index in [2.05, 4.69) is 10.3 Å². The number of halogens is 2. The van der Waals surface area contributed by atoms with Gasteiger partial charge in [0.2, 0.25) is 0 Å². The number of rotatable bonds is 11. The van der Waals surface area contributed by atoms with Crippen LogP contribution in [-0.2, 0) is 19.1 Å². The van der Waals surface area contributed by atoms with Gasteiger partial charge in [-0.15, -0.1) is 0 Å². The molecule has 2 aliphatic carbocycles. The van der Waals surface area contributed by atoms with Gasteiger partial charge < -0.3 is 26.3 Å². The number of hydrogen-bond donors (Lipinski definition) is 3. The van der Waals surface area contributed by atoms with E-state index in [4.69, 9.17) is 20.9 Å². The average Bonchev–Trinajstić information content (AvgIpc) is 2.79. The number of ether oxygens (including phenoxy) is 2. The number of carbonyl (C=O) groups is 2.